The molecule has 2 aromatic rings. The lowest BCUT2D eigenvalue weighted by Crippen LogP contribution is -2.40. The smallest absolute Gasteiger partial charge is 0.333 e. The van der Waals surface area contributed by atoms with Crippen molar-refractivity contribution in [2.24, 2.45) is 0 Å². The summed E-state index contributed by atoms with van der Waals surface area (Å²) in [5, 5.41) is 12.7. The predicted molar refractivity (Wildman–Crippen MR) is 83.9 cm³/mol. The number of aliphatic carboxylic acids is 1. The topological polar surface area (TPSA) is 49.3 Å². The molecule has 20 heavy (non-hydrogen) atoms. The molecule has 0 amide bonds. The lowest BCUT2D eigenvalue weighted by atomic mass is 9.91. The van der Waals surface area contributed by atoms with Crippen molar-refractivity contribution in [1.82, 2.24) is 0 Å². The lowest BCUT2D eigenvalue weighted by Gasteiger charge is -2.28. The summed E-state index contributed by atoms with van der Waals surface area (Å²) in [6.45, 7) is 3.66. The largest absolute Gasteiger partial charge is 0.479 e. The van der Waals surface area contributed by atoms with Gasteiger partial charge in [0.1, 0.15) is 0 Å². The van der Waals surface area contributed by atoms with E-state index in [1.54, 1.807) is 13.0 Å². The number of rotatable bonds is 4. The van der Waals surface area contributed by atoms with Crippen molar-refractivity contribution < 1.29 is 9.90 Å². The average Bonchev–Trinajstić information content (AvgIpc) is 2.41. The number of hydrogen-bond acceptors (Lipinski definition) is 2. The van der Waals surface area contributed by atoms with E-state index in [0.717, 1.165) is 15.7 Å². The molecule has 0 aliphatic rings. The highest BCUT2D eigenvalue weighted by Crippen LogP contribution is 2.28. The van der Waals surface area contributed by atoms with E-state index < -0.39 is 11.5 Å². The van der Waals surface area contributed by atoms with Gasteiger partial charge in [-0.25, -0.2) is 4.79 Å². The highest BCUT2D eigenvalue weighted by atomic mass is 79.9. The molecular weight excluding hydrogens is 318 g/mol. The zero-order chi connectivity index (χ0) is 14.8. The van der Waals surface area contributed by atoms with E-state index >= 15 is 0 Å². The Bertz CT molecular complexity index is 625. The second kappa shape index (κ2) is 5.67. The highest BCUT2D eigenvalue weighted by molar-refractivity contribution is 9.10. The molecule has 0 fully saturated rings. The van der Waals surface area contributed by atoms with Crippen molar-refractivity contribution in [2.45, 2.75) is 19.4 Å². The molecule has 0 aliphatic heterocycles. The van der Waals surface area contributed by atoms with E-state index in [9.17, 15) is 9.90 Å². The van der Waals surface area contributed by atoms with Crippen LogP contribution in [0.2, 0.25) is 0 Å². The van der Waals surface area contributed by atoms with Gasteiger partial charge in [-0.1, -0.05) is 45.8 Å². The van der Waals surface area contributed by atoms with Crippen molar-refractivity contribution in [2.75, 3.05) is 5.32 Å². The second-order valence-corrected chi connectivity index (χ2v) is 5.85. The van der Waals surface area contributed by atoms with Gasteiger partial charge in [-0.15, -0.1) is 0 Å². The number of carbonyl (C=O) groups is 1. The van der Waals surface area contributed by atoms with Crippen LogP contribution in [0.4, 0.5) is 5.69 Å². The van der Waals surface area contributed by atoms with Crippen LogP contribution in [0.25, 0.3) is 0 Å². The molecule has 0 saturated heterocycles. The molecule has 1 unspecified atom stereocenters. The van der Waals surface area contributed by atoms with Gasteiger partial charge in [0, 0.05) is 10.2 Å². The number of anilines is 1. The Labute approximate surface area is 126 Å². The molecule has 2 aromatic carbocycles. The first kappa shape index (κ1) is 14.6. The predicted octanol–water partition coefficient (Wildman–Crippen LogP) is 4.17. The molecule has 104 valence electrons. The van der Waals surface area contributed by atoms with Crippen LogP contribution in [0, 0.1) is 6.92 Å². The van der Waals surface area contributed by atoms with E-state index in [1.807, 2.05) is 49.4 Å². The maximum atomic E-state index is 11.7. The van der Waals surface area contributed by atoms with Crippen LogP contribution in [0.3, 0.4) is 0 Å². The SMILES string of the molecule is Cc1ccc(NC(C)(C(=O)O)c2cccc(Br)c2)cc1. The number of carboxylic acid groups (broad SMARTS) is 1. The van der Waals surface area contributed by atoms with Crippen molar-refractivity contribution in [1.29, 1.82) is 0 Å². The summed E-state index contributed by atoms with van der Waals surface area (Å²) in [4.78, 5) is 11.7. The third-order valence-electron chi connectivity index (χ3n) is 3.28. The molecule has 0 bridgehead atoms. The molecular formula is C16H16BrNO2. The lowest BCUT2D eigenvalue weighted by molar-refractivity contribution is -0.142. The molecule has 0 aromatic heterocycles. The van der Waals surface area contributed by atoms with E-state index in [2.05, 4.69) is 21.2 Å². The number of hydrogen-bond donors (Lipinski definition) is 2. The molecule has 0 radical (unpaired) electrons. The Morgan fingerprint density at radius 3 is 2.40 bits per heavy atom. The number of halogens is 1. The van der Waals surface area contributed by atoms with Crippen LogP contribution < -0.4 is 5.32 Å². The summed E-state index contributed by atoms with van der Waals surface area (Å²) in [6.07, 6.45) is 0. The Morgan fingerprint density at radius 2 is 1.85 bits per heavy atom. The molecule has 3 nitrogen and oxygen atoms in total. The number of nitrogens with one attached hydrogen (secondary N) is 1. The van der Waals surface area contributed by atoms with Gasteiger partial charge in [-0.2, -0.15) is 0 Å². The number of carboxylic acids is 1. The first-order chi connectivity index (χ1) is 9.41. The molecule has 2 rings (SSSR count). The first-order valence-corrected chi connectivity index (χ1v) is 7.05. The normalized spacial score (nSPS) is 13.6. The number of benzene rings is 2. The Morgan fingerprint density at radius 1 is 1.20 bits per heavy atom. The van der Waals surface area contributed by atoms with Gasteiger partial charge >= 0.3 is 5.97 Å². The van der Waals surface area contributed by atoms with Gasteiger partial charge in [0.05, 0.1) is 0 Å². The van der Waals surface area contributed by atoms with Crippen molar-refractivity contribution in [3.63, 3.8) is 0 Å². The summed E-state index contributed by atoms with van der Waals surface area (Å²) in [5.74, 6) is -0.920. The van der Waals surface area contributed by atoms with Gasteiger partial charge < -0.3 is 10.4 Å². The average molecular weight is 334 g/mol. The third kappa shape index (κ3) is 3.02. The monoisotopic (exact) mass is 333 g/mol. The van der Waals surface area contributed by atoms with Crippen molar-refractivity contribution in [3.8, 4) is 0 Å². The van der Waals surface area contributed by atoms with Crippen LogP contribution in [0.5, 0.6) is 0 Å². The summed E-state index contributed by atoms with van der Waals surface area (Å²) in [7, 11) is 0. The molecule has 0 saturated carbocycles. The maximum Gasteiger partial charge on any atom is 0.333 e. The van der Waals surface area contributed by atoms with Gasteiger partial charge in [0.15, 0.2) is 5.54 Å². The second-order valence-electron chi connectivity index (χ2n) is 4.93. The summed E-state index contributed by atoms with van der Waals surface area (Å²) >= 11 is 3.38. The molecule has 0 spiro atoms. The Balaban J connectivity index is 2.39. The van der Waals surface area contributed by atoms with E-state index in [4.69, 9.17) is 0 Å². The minimum absolute atomic E-state index is 0.694. The van der Waals surface area contributed by atoms with E-state index in [1.165, 1.54) is 0 Å². The highest BCUT2D eigenvalue weighted by Gasteiger charge is 2.35. The van der Waals surface area contributed by atoms with Crippen LogP contribution >= 0.6 is 15.9 Å². The van der Waals surface area contributed by atoms with Crippen molar-refractivity contribution in [3.05, 3.63) is 64.1 Å². The molecule has 1 atom stereocenters. The zero-order valence-corrected chi connectivity index (χ0v) is 12.9. The molecule has 0 heterocycles. The van der Waals surface area contributed by atoms with Crippen LogP contribution in [-0.2, 0) is 10.3 Å². The minimum atomic E-state index is -1.18. The molecule has 0 aliphatic carbocycles. The number of aryl methyl sites for hydroxylation is 1. The summed E-state index contributed by atoms with van der Waals surface area (Å²) < 4.78 is 0.855. The van der Waals surface area contributed by atoms with Crippen LogP contribution in [0.15, 0.2) is 53.0 Å². The minimum Gasteiger partial charge on any atom is -0.479 e. The maximum absolute atomic E-state index is 11.7. The van der Waals surface area contributed by atoms with E-state index in [-0.39, 0.29) is 0 Å². The zero-order valence-electron chi connectivity index (χ0n) is 11.4. The van der Waals surface area contributed by atoms with E-state index in [0.29, 0.717) is 5.56 Å². The van der Waals surface area contributed by atoms with Crippen LogP contribution in [-0.4, -0.2) is 11.1 Å². The molecule has 2 N–H and O–H groups in total. The Kier molecular flexibility index (Phi) is 4.14. The fourth-order valence-corrected chi connectivity index (χ4v) is 2.37. The standard InChI is InChI=1S/C16H16BrNO2/c1-11-6-8-14(9-7-11)18-16(2,15(19)20)12-4-3-5-13(17)10-12/h3-10,18H,1-2H3,(H,19,20). The van der Waals surface area contributed by atoms with Crippen LogP contribution in [0.1, 0.15) is 18.1 Å². The first-order valence-electron chi connectivity index (χ1n) is 6.26. The summed E-state index contributed by atoms with van der Waals surface area (Å²) in [6, 6.07) is 15.0. The summed E-state index contributed by atoms with van der Waals surface area (Å²) in [5.41, 5.74) is 1.43. The van der Waals surface area contributed by atoms with Gasteiger partial charge in [0.25, 0.3) is 0 Å². The van der Waals surface area contributed by atoms with Crippen molar-refractivity contribution >= 4 is 27.6 Å². The Hall–Kier alpha value is -1.81. The van der Waals surface area contributed by atoms with Gasteiger partial charge in [-0.3, -0.25) is 0 Å². The van der Waals surface area contributed by atoms with Gasteiger partial charge in [-0.05, 0) is 43.7 Å². The fraction of sp³-hybridized carbons (Fsp3) is 0.188. The molecule has 4 heteroatoms. The van der Waals surface area contributed by atoms with Gasteiger partial charge in [0.2, 0.25) is 0 Å². The third-order valence-corrected chi connectivity index (χ3v) is 3.77. The fourth-order valence-electron chi connectivity index (χ4n) is 1.97. The quantitative estimate of drug-likeness (QED) is 0.882.